The second-order valence-electron chi connectivity index (χ2n) is 22.5. The molecule has 1 aliphatic heterocycles. The molecule has 3 atom stereocenters. The van der Waals surface area contributed by atoms with Crippen LogP contribution in [0.4, 0.5) is 0 Å². The first kappa shape index (κ1) is 47.7. The van der Waals surface area contributed by atoms with Gasteiger partial charge in [-0.15, -0.1) is 11.3 Å². The Hall–Kier alpha value is -9.28. The lowest BCUT2D eigenvalue weighted by molar-refractivity contribution is 0.532. The van der Waals surface area contributed by atoms with Crippen molar-refractivity contribution in [3.8, 4) is 22.3 Å². The molecule has 0 spiro atoms. The molecule has 0 N–H and O–H groups in total. The normalized spacial score (nSPS) is 16.2. The molecule has 0 saturated carbocycles. The van der Waals surface area contributed by atoms with Gasteiger partial charge in [0, 0.05) is 37.6 Å². The molecule has 2 nitrogen and oxygen atoms in total. The third-order valence-electron chi connectivity index (χ3n) is 17.9. The number of rotatable bonds is 8. The van der Waals surface area contributed by atoms with Crippen LogP contribution in [-0.2, 0) is 12.8 Å². The lowest BCUT2D eigenvalue weighted by Gasteiger charge is -2.31. The van der Waals surface area contributed by atoms with E-state index < -0.39 is 0 Å². The van der Waals surface area contributed by atoms with E-state index in [2.05, 4.69) is 262 Å². The zero-order valence-corrected chi connectivity index (χ0v) is 45.9. The summed E-state index contributed by atoms with van der Waals surface area (Å²) in [4.78, 5) is 11.8. The molecule has 2 aliphatic rings. The van der Waals surface area contributed by atoms with Crippen LogP contribution in [-0.4, -0.2) is 11.5 Å². The monoisotopic (exact) mass is 1050 g/mol. The van der Waals surface area contributed by atoms with Crippen molar-refractivity contribution in [1.82, 2.24) is 0 Å². The van der Waals surface area contributed by atoms with E-state index in [1.807, 2.05) is 11.3 Å². The summed E-state index contributed by atoms with van der Waals surface area (Å²) in [5, 5.41) is 15.4. The van der Waals surface area contributed by atoms with Crippen molar-refractivity contribution < 1.29 is 0 Å². The van der Waals surface area contributed by atoms with Gasteiger partial charge < -0.3 is 0 Å². The van der Waals surface area contributed by atoms with Crippen LogP contribution in [0.1, 0.15) is 76.2 Å². The number of benzene rings is 13. The average molecular weight is 1050 g/mol. The van der Waals surface area contributed by atoms with E-state index in [0.717, 1.165) is 53.9 Å². The fraction of sp³-hybridized carbons (Fsp3) is 0.103. The van der Waals surface area contributed by atoms with Gasteiger partial charge >= 0.3 is 0 Å². The van der Waals surface area contributed by atoms with Crippen LogP contribution in [0.2, 0.25) is 0 Å². The third kappa shape index (κ3) is 8.13. The van der Waals surface area contributed by atoms with Crippen molar-refractivity contribution in [3.05, 3.63) is 299 Å². The molecule has 0 fully saturated rings. The number of aryl methyl sites for hydroxylation is 1. The van der Waals surface area contributed by atoms with Gasteiger partial charge in [0.2, 0.25) is 0 Å². The van der Waals surface area contributed by atoms with Crippen molar-refractivity contribution in [2.45, 2.75) is 44.6 Å². The molecule has 0 bridgehead atoms. The minimum absolute atomic E-state index is 0.0142. The standard InChI is InChI=1S/C78H56N2S/c1-2-61-74(57-35-37-65-62-29-14-13-26-55(62)43-59(69(65)45-57)40-48-18-5-3-6-19-48)79-78(58-28-17-27-52(42-58)49-20-7-4-8-21-49)80-75(61)60-46-71(77-72(47-60)68-39-33-51-23-12-16-31-64(51)76(68)81-77)66-36-34-56-41-53-24-9-10-25-54(53)44-70(56)73-63-30-15-11-22-50(63)32-38-67(66)73/h3-33,35,37-39,41-47,61,66,75H,2,34,36,40H2,1H3. The third-order valence-corrected chi connectivity index (χ3v) is 19.2. The molecule has 0 radical (unpaired) electrons. The number of nitrogens with zero attached hydrogens (tertiary/aromatic N) is 2. The maximum atomic E-state index is 5.97. The molecule has 1 aromatic heterocycles. The quantitative estimate of drug-likeness (QED) is 0.136. The molecule has 384 valence electrons. The Balaban J connectivity index is 0.941. The summed E-state index contributed by atoms with van der Waals surface area (Å²) >= 11 is 1.98. The maximum Gasteiger partial charge on any atom is 0.155 e. The Morgan fingerprint density at radius 1 is 0.432 bits per heavy atom. The highest BCUT2D eigenvalue weighted by atomic mass is 32.1. The van der Waals surface area contributed by atoms with Gasteiger partial charge in [-0.05, 0) is 165 Å². The Morgan fingerprint density at radius 3 is 1.91 bits per heavy atom. The Bertz CT molecular complexity index is 4910. The summed E-state index contributed by atoms with van der Waals surface area (Å²) in [6, 6.07) is 95.3. The van der Waals surface area contributed by atoms with E-state index in [0.29, 0.717) is 0 Å². The van der Waals surface area contributed by atoms with Crippen LogP contribution >= 0.6 is 11.3 Å². The summed E-state index contributed by atoms with van der Waals surface area (Å²) in [6.07, 6.45) is 3.65. The van der Waals surface area contributed by atoms with Gasteiger partial charge in [0.15, 0.2) is 5.84 Å². The van der Waals surface area contributed by atoms with Crippen LogP contribution in [0.25, 0.3) is 96.3 Å². The number of fused-ring (bicyclic) bond motifs is 14. The van der Waals surface area contributed by atoms with Crippen molar-refractivity contribution in [2.75, 3.05) is 0 Å². The first-order valence-corrected chi connectivity index (χ1v) is 29.6. The molecule has 13 aromatic carbocycles. The van der Waals surface area contributed by atoms with Gasteiger partial charge in [0.25, 0.3) is 0 Å². The molecule has 81 heavy (non-hydrogen) atoms. The van der Waals surface area contributed by atoms with Gasteiger partial charge in [-0.25, -0.2) is 4.99 Å². The SMILES string of the molecule is CCC1C(c2ccc3c(c2)c(Cc2ccccc2)cc2ccccc23)=NC(c2cccc(-c3ccccc3)c2)=NC1c1cc(C2CCc3cc4ccccc4cc3-c3c2ccc2ccccc32)c2sc3c4ccccc4ccc3c2c1. The zero-order valence-electron chi connectivity index (χ0n) is 45.1. The van der Waals surface area contributed by atoms with Gasteiger partial charge in [0.1, 0.15) is 0 Å². The average Bonchev–Trinajstić information content (AvgIpc) is 4.04. The molecule has 0 amide bonds. The van der Waals surface area contributed by atoms with Crippen LogP contribution in [0.15, 0.2) is 265 Å². The molecular weight excluding hydrogens is 997 g/mol. The van der Waals surface area contributed by atoms with Crippen molar-refractivity contribution >= 4 is 96.9 Å². The predicted octanol–water partition coefficient (Wildman–Crippen LogP) is 20.8. The number of aliphatic imine (C=N–C) groups is 2. The van der Waals surface area contributed by atoms with Gasteiger partial charge in [0.05, 0.1) is 11.8 Å². The minimum atomic E-state index is -0.225. The predicted molar refractivity (Wildman–Crippen MR) is 346 cm³/mol. The fourth-order valence-electron chi connectivity index (χ4n) is 14.0. The molecule has 16 rings (SSSR count). The molecule has 1 aliphatic carbocycles. The molecule has 2 heterocycles. The van der Waals surface area contributed by atoms with Gasteiger partial charge in [-0.2, -0.15) is 0 Å². The topological polar surface area (TPSA) is 24.7 Å². The van der Waals surface area contributed by atoms with Crippen LogP contribution in [0.3, 0.4) is 0 Å². The fourth-order valence-corrected chi connectivity index (χ4v) is 15.4. The van der Waals surface area contributed by atoms with Crippen LogP contribution < -0.4 is 0 Å². The van der Waals surface area contributed by atoms with E-state index in [1.165, 1.54) is 124 Å². The van der Waals surface area contributed by atoms with Crippen molar-refractivity contribution in [2.24, 2.45) is 15.9 Å². The molecule has 14 aromatic rings. The Morgan fingerprint density at radius 2 is 1.10 bits per heavy atom. The summed E-state index contributed by atoms with van der Waals surface area (Å²) in [6.45, 7) is 2.35. The minimum Gasteiger partial charge on any atom is -0.257 e. The Kier molecular flexibility index (Phi) is 11.5. The summed E-state index contributed by atoms with van der Waals surface area (Å²) in [5.74, 6) is 0.875. The van der Waals surface area contributed by atoms with Gasteiger partial charge in [-0.1, -0.05) is 237 Å². The molecule has 3 unspecified atom stereocenters. The second kappa shape index (κ2) is 19.5. The molecule has 3 heteroatoms. The summed E-state index contributed by atoms with van der Waals surface area (Å²) in [7, 11) is 0. The van der Waals surface area contributed by atoms with E-state index >= 15 is 0 Å². The summed E-state index contributed by atoms with van der Waals surface area (Å²) in [5.41, 5.74) is 16.4. The number of amidine groups is 1. The smallest absolute Gasteiger partial charge is 0.155 e. The summed E-state index contributed by atoms with van der Waals surface area (Å²) < 4.78 is 2.72. The lowest BCUT2D eigenvalue weighted by atomic mass is 9.79. The van der Waals surface area contributed by atoms with E-state index in [-0.39, 0.29) is 17.9 Å². The van der Waals surface area contributed by atoms with E-state index in [1.54, 1.807) is 0 Å². The van der Waals surface area contributed by atoms with E-state index in [4.69, 9.17) is 9.98 Å². The highest BCUT2D eigenvalue weighted by molar-refractivity contribution is 7.27. The van der Waals surface area contributed by atoms with Crippen molar-refractivity contribution in [3.63, 3.8) is 0 Å². The van der Waals surface area contributed by atoms with E-state index in [9.17, 15) is 0 Å². The number of thiophene rings is 1. The second-order valence-corrected chi connectivity index (χ2v) is 23.5. The van der Waals surface area contributed by atoms with Crippen LogP contribution in [0, 0.1) is 5.92 Å². The highest BCUT2D eigenvalue weighted by Crippen LogP contribution is 2.52. The maximum absolute atomic E-state index is 5.97. The first-order chi connectivity index (χ1) is 40.1. The molecular formula is C78H56N2S. The molecule has 0 saturated heterocycles. The number of hydrogen-bond donors (Lipinski definition) is 0. The highest BCUT2D eigenvalue weighted by Gasteiger charge is 2.35. The first-order valence-electron chi connectivity index (χ1n) is 28.8. The Labute approximate surface area is 476 Å². The largest absolute Gasteiger partial charge is 0.257 e. The number of hydrogen-bond acceptors (Lipinski definition) is 3. The van der Waals surface area contributed by atoms with Crippen LogP contribution in [0.5, 0.6) is 0 Å². The van der Waals surface area contributed by atoms with Gasteiger partial charge in [-0.3, -0.25) is 4.99 Å². The van der Waals surface area contributed by atoms with Crippen molar-refractivity contribution in [1.29, 1.82) is 0 Å². The zero-order chi connectivity index (χ0) is 53.5. The lowest BCUT2D eigenvalue weighted by Crippen LogP contribution is -2.28.